The van der Waals surface area contributed by atoms with Crippen LogP contribution in [0.25, 0.3) is 0 Å². The Morgan fingerprint density at radius 2 is 1.84 bits per heavy atom. The van der Waals surface area contributed by atoms with Gasteiger partial charge in [0.1, 0.15) is 5.75 Å². The molecule has 0 bridgehead atoms. The smallest absolute Gasteiger partial charge is 0.227 e. The normalized spacial score (nSPS) is 14.5. The molecule has 25 heavy (non-hydrogen) atoms. The Morgan fingerprint density at radius 1 is 1.08 bits per heavy atom. The summed E-state index contributed by atoms with van der Waals surface area (Å²) in [5, 5.41) is 8.33. The predicted octanol–water partition coefficient (Wildman–Crippen LogP) is 1.99. The Morgan fingerprint density at radius 3 is 2.44 bits per heavy atom. The van der Waals surface area contributed by atoms with Crippen LogP contribution in [0.15, 0.2) is 30.3 Å². The third-order valence-electron chi connectivity index (χ3n) is 4.55. The summed E-state index contributed by atoms with van der Waals surface area (Å²) >= 11 is 0. The minimum absolute atomic E-state index is 0.166. The van der Waals surface area contributed by atoms with Gasteiger partial charge in [0, 0.05) is 26.2 Å². The standard InChI is InChI=1S/C19H24N4O2/c1-14-12-16(5-6-17(14)25-3)13-19(24)23-10-8-22(9-11-23)18-7-4-15(2)20-21-18/h4-7,12H,8-11,13H2,1-3H3. The number of nitrogens with zero attached hydrogens (tertiary/aromatic N) is 4. The molecular formula is C19H24N4O2. The Kier molecular flexibility index (Phi) is 5.16. The SMILES string of the molecule is COc1ccc(CC(=O)N2CCN(c3ccc(C)nn3)CC2)cc1C. The van der Waals surface area contributed by atoms with Gasteiger partial charge in [0.15, 0.2) is 5.82 Å². The number of carbonyl (C=O) groups is 1. The zero-order chi connectivity index (χ0) is 17.8. The fourth-order valence-corrected chi connectivity index (χ4v) is 3.08. The van der Waals surface area contributed by atoms with Crippen LogP contribution in [0.3, 0.4) is 0 Å². The van der Waals surface area contributed by atoms with E-state index in [9.17, 15) is 4.79 Å². The summed E-state index contributed by atoms with van der Waals surface area (Å²) in [6.45, 7) is 6.91. The lowest BCUT2D eigenvalue weighted by Gasteiger charge is -2.35. The lowest BCUT2D eigenvalue weighted by atomic mass is 10.1. The molecule has 1 aromatic carbocycles. The Bertz CT molecular complexity index is 738. The second-order valence-corrected chi connectivity index (χ2v) is 6.38. The largest absolute Gasteiger partial charge is 0.496 e. The number of amides is 1. The average molecular weight is 340 g/mol. The van der Waals surface area contributed by atoms with Gasteiger partial charge in [0.2, 0.25) is 5.91 Å². The number of carbonyl (C=O) groups excluding carboxylic acids is 1. The maximum Gasteiger partial charge on any atom is 0.227 e. The molecule has 1 saturated heterocycles. The monoisotopic (exact) mass is 340 g/mol. The molecule has 0 N–H and O–H groups in total. The van der Waals surface area contributed by atoms with E-state index in [0.29, 0.717) is 19.5 Å². The maximum atomic E-state index is 12.6. The van der Waals surface area contributed by atoms with E-state index in [2.05, 4.69) is 15.1 Å². The predicted molar refractivity (Wildman–Crippen MR) is 97.0 cm³/mol. The quantitative estimate of drug-likeness (QED) is 0.852. The van der Waals surface area contributed by atoms with Gasteiger partial charge in [0.05, 0.1) is 19.2 Å². The fourth-order valence-electron chi connectivity index (χ4n) is 3.08. The molecule has 2 heterocycles. The molecule has 0 atom stereocenters. The van der Waals surface area contributed by atoms with Gasteiger partial charge in [-0.15, -0.1) is 5.10 Å². The Hall–Kier alpha value is -2.63. The number of benzene rings is 1. The molecule has 1 aliphatic rings. The maximum absolute atomic E-state index is 12.6. The molecule has 0 radical (unpaired) electrons. The zero-order valence-electron chi connectivity index (χ0n) is 15.0. The van der Waals surface area contributed by atoms with Crippen LogP contribution >= 0.6 is 0 Å². The summed E-state index contributed by atoms with van der Waals surface area (Å²) in [5.74, 6) is 1.90. The molecule has 6 heteroatoms. The van der Waals surface area contributed by atoms with Crippen molar-refractivity contribution < 1.29 is 9.53 Å². The zero-order valence-corrected chi connectivity index (χ0v) is 15.0. The molecular weight excluding hydrogens is 316 g/mol. The van der Waals surface area contributed by atoms with E-state index in [0.717, 1.165) is 41.5 Å². The Labute approximate surface area is 148 Å². The summed E-state index contributed by atoms with van der Waals surface area (Å²) in [5.41, 5.74) is 2.98. The van der Waals surface area contributed by atoms with E-state index in [1.807, 2.05) is 49.1 Å². The van der Waals surface area contributed by atoms with Crippen molar-refractivity contribution in [1.29, 1.82) is 0 Å². The lowest BCUT2D eigenvalue weighted by molar-refractivity contribution is -0.130. The van der Waals surface area contributed by atoms with Crippen molar-refractivity contribution in [2.45, 2.75) is 20.3 Å². The number of aromatic nitrogens is 2. The highest BCUT2D eigenvalue weighted by Gasteiger charge is 2.22. The molecule has 1 aromatic heterocycles. The second kappa shape index (κ2) is 7.51. The number of rotatable bonds is 4. The number of aryl methyl sites for hydroxylation is 2. The lowest BCUT2D eigenvalue weighted by Crippen LogP contribution is -2.49. The first kappa shape index (κ1) is 17.2. The highest BCUT2D eigenvalue weighted by molar-refractivity contribution is 5.79. The van der Waals surface area contributed by atoms with Crippen LogP contribution in [-0.4, -0.2) is 54.3 Å². The summed E-state index contributed by atoms with van der Waals surface area (Å²) < 4.78 is 5.27. The Balaban J connectivity index is 1.56. The average Bonchev–Trinajstić information content (AvgIpc) is 2.63. The van der Waals surface area contributed by atoms with E-state index >= 15 is 0 Å². The van der Waals surface area contributed by atoms with Crippen molar-refractivity contribution in [3.63, 3.8) is 0 Å². The molecule has 0 unspecified atom stereocenters. The summed E-state index contributed by atoms with van der Waals surface area (Å²) in [6.07, 6.45) is 0.426. The third kappa shape index (κ3) is 4.07. The number of hydrogen-bond donors (Lipinski definition) is 0. The first-order chi connectivity index (χ1) is 12.1. The van der Waals surface area contributed by atoms with Gasteiger partial charge in [-0.25, -0.2) is 0 Å². The van der Waals surface area contributed by atoms with E-state index in [1.165, 1.54) is 0 Å². The van der Waals surface area contributed by atoms with Gasteiger partial charge < -0.3 is 14.5 Å². The molecule has 1 fully saturated rings. The topological polar surface area (TPSA) is 58.6 Å². The molecule has 0 saturated carbocycles. The van der Waals surface area contributed by atoms with Crippen molar-refractivity contribution in [1.82, 2.24) is 15.1 Å². The van der Waals surface area contributed by atoms with Crippen molar-refractivity contribution in [2.75, 3.05) is 38.2 Å². The van der Waals surface area contributed by atoms with Gasteiger partial charge in [-0.05, 0) is 43.2 Å². The molecule has 2 aromatic rings. The van der Waals surface area contributed by atoms with Crippen LogP contribution < -0.4 is 9.64 Å². The first-order valence-electron chi connectivity index (χ1n) is 8.53. The van der Waals surface area contributed by atoms with Gasteiger partial charge in [-0.1, -0.05) is 12.1 Å². The van der Waals surface area contributed by atoms with Crippen molar-refractivity contribution in [3.8, 4) is 5.75 Å². The van der Waals surface area contributed by atoms with Crippen LogP contribution in [0, 0.1) is 13.8 Å². The van der Waals surface area contributed by atoms with Gasteiger partial charge in [0.25, 0.3) is 0 Å². The highest BCUT2D eigenvalue weighted by atomic mass is 16.5. The molecule has 1 amide bonds. The van der Waals surface area contributed by atoms with Gasteiger partial charge in [-0.3, -0.25) is 4.79 Å². The van der Waals surface area contributed by atoms with Crippen LogP contribution in [0.4, 0.5) is 5.82 Å². The van der Waals surface area contributed by atoms with Crippen molar-refractivity contribution in [2.24, 2.45) is 0 Å². The second-order valence-electron chi connectivity index (χ2n) is 6.38. The van der Waals surface area contributed by atoms with E-state index in [1.54, 1.807) is 7.11 Å². The fraction of sp³-hybridized carbons (Fsp3) is 0.421. The van der Waals surface area contributed by atoms with Gasteiger partial charge >= 0.3 is 0 Å². The number of ether oxygens (including phenoxy) is 1. The van der Waals surface area contributed by atoms with Crippen LogP contribution in [0.1, 0.15) is 16.8 Å². The molecule has 132 valence electrons. The number of anilines is 1. The molecule has 6 nitrogen and oxygen atoms in total. The van der Waals surface area contributed by atoms with E-state index in [4.69, 9.17) is 4.74 Å². The first-order valence-corrected chi connectivity index (χ1v) is 8.53. The minimum Gasteiger partial charge on any atom is -0.496 e. The van der Waals surface area contributed by atoms with Crippen LogP contribution in [0.2, 0.25) is 0 Å². The summed E-state index contributed by atoms with van der Waals surface area (Å²) in [4.78, 5) is 16.7. The summed E-state index contributed by atoms with van der Waals surface area (Å²) in [7, 11) is 1.66. The van der Waals surface area contributed by atoms with Crippen molar-refractivity contribution in [3.05, 3.63) is 47.2 Å². The number of hydrogen-bond acceptors (Lipinski definition) is 5. The molecule has 1 aliphatic heterocycles. The third-order valence-corrected chi connectivity index (χ3v) is 4.55. The van der Waals surface area contributed by atoms with Gasteiger partial charge in [-0.2, -0.15) is 5.10 Å². The molecule has 0 spiro atoms. The van der Waals surface area contributed by atoms with E-state index in [-0.39, 0.29) is 5.91 Å². The van der Waals surface area contributed by atoms with Crippen LogP contribution in [0.5, 0.6) is 5.75 Å². The van der Waals surface area contributed by atoms with Crippen LogP contribution in [-0.2, 0) is 11.2 Å². The minimum atomic E-state index is 0.166. The summed E-state index contributed by atoms with van der Waals surface area (Å²) in [6, 6.07) is 9.86. The molecule has 0 aliphatic carbocycles. The number of methoxy groups -OCH3 is 1. The van der Waals surface area contributed by atoms with E-state index < -0.39 is 0 Å². The van der Waals surface area contributed by atoms with Crippen molar-refractivity contribution >= 4 is 11.7 Å². The molecule has 3 rings (SSSR count). The number of piperazine rings is 1. The highest BCUT2D eigenvalue weighted by Crippen LogP contribution is 2.19.